The molecule has 0 amide bonds. The first-order chi connectivity index (χ1) is 7.22. The Balaban J connectivity index is 2.49. The highest BCUT2D eigenvalue weighted by Crippen LogP contribution is 2.20. The van der Waals surface area contributed by atoms with Crippen LogP contribution in [0.2, 0.25) is 5.02 Å². The largest absolute Gasteiger partial charge is 0.388 e. The van der Waals surface area contributed by atoms with E-state index in [1.165, 1.54) is 0 Å². The van der Waals surface area contributed by atoms with Crippen molar-refractivity contribution in [2.45, 2.75) is 6.61 Å². The third kappa shape index (κ3) is 1.86. The molecule has 0 bridgehead atoms. The van der Waals surface area contributed by atoms with Gasteiger partial charge in [0.1, 0.15) is 6.61 Å². The first-order valence-corrected chi connectivity index (χ1v) is 4.85. The molecule has 4 nitrogen and oxygen atoms in total. The molecule has 2 aromatic rings. The van der Waals surface area contributed by atoms with E-state index in [2.05, 4.69) is 10.2 Å². The molecule has 1 aromatic heterocycles. The van der Waals surface area contributed by atoms with Crippen LogP contribution in [0.5, 0.6) is 0 Å². The van der Waals surface area contributed by atoms with Crippen LogP contribution in [0.25, 0.3) is 11.4 Å². The molecule has 78 valence electrons. The number of nitrogens with zero attached hydrogens (tertiary/aromatic N) is 3. The molecule has 0 saturated carbocycles. The minimum atomic E-state index is -0.121. The Morgan fingerprint density at radius 2 is 2.20 bits per heavy atom. The van der Waals surface area contributed by atoms with Crippen LogP contribution in [0.4, 0.5) is 0 Å². The molecule has 2 rings (SSSR count). The fraction of sp³-hybridized carbons (Fsp3) is 0.200. The van der Waals surface area contributed by atoms with Crippen LogP contribution in [0, 0.1) is 0 Å². The Morgan fingerprint density at radius 3 is 2.80 bits per heavy atom. The lowest BCUT2D eigenvalue weighted by atomic mass is 10.2. The van der Waals surface area contributed by atoms with Crippen molar-refractivity contribution in [1.82, 2.24) is 14.8 Å². The number of aliphatic hydroxyl groups is 1. The van der Waals surface area contributed by atoms with Gasteiger partial charge < -0.3 is 9.67 Å². The van der Waals surface area contributed by atoms with Crippen molar-refractivity contribution in [2.24, 2.45) is 7.05 Å². The van der Waals surface area contributed by atoms with Crippen molar-refractivity contribution in [3.63, 3.8) is 0 Å². The summed E-state index contributed by atoms with van der Waals surface area (Å²) >= 11 is 5.88. The standard InChI is InChI=1S/C10H10ClN3O/c1-14-9(6-15)12-13-10(14)7-3-2-4-8(11)5-7/h2-5,15H,6H2,1H3. The lowest BCUT2D eigenvalue weighted by Gasteiger charge is -2.02. The lowest BCUT2D eigenvalue weighted by Crippen LogP contribution is -1.98. The van der Waals surface area contributed by atoms with E-state index < -0.39 is 0 Å². The van der Waals surface area contributed by atoms with E-state index in [0.29, 0.717) is 16.7 Å². The molecule has 0 fully saturated rings. The van der Waals surface area contributed by atoms with Gasteiger partial charge in [0.05, 0.1) is 0 Å². The molecule has 0 atom stereocenters. The van der Waals surface area contributed by atoms with Gasteiger partial charge in [-0.1, -0.05) is 23.7 Å². The second kappa shape index (κ2) is 4.00. The lowest BCUT2D eigenvalue weighted by molar-refractivity contribution is 0.267. The number of halogens is 1. The van der Waals surface area contributed by atoms with Crippen LogP contribution in [-0.2, 0) is 13.7 Å². The zero-order valence-corrected chi connectivity index (χ0v) is 8.94. The molecular weight excluding hydrogens is 214 g/mol. The second-order valence-corrected chi connectivity index (χ2v) is 3.60. The van der Waals surface area contributed by atoms with Gasteiger partial charge in [-0.15, -0.1) is 10.2 Å². The van der Waals surface area contributed by atoms with Gasteiger partial charge in [-0.3, -0.25) is 0 Å². The summed E-state index contributed by atoms with van der Waals surface area (Å²) < 4.78 is 1.74. The number of aromatic nitrogens is 3. The number of hydrogen-bond donors (Lipinski definition) is 1. The quantitative estimate of drug-likeness (QED) is 0.842. The average Bonchev–Trinajstić information content (AvgIpc) is 2.59. The van der Waals surface area contributed by atoms with E-state index >= 15 is 0 Å². The van der Waals surface area contributed by atoms with Crippen LogP contribution in [0.1, 0.15) is 5.82 Å². The van der Waals surface area contributed by atoms with Gasteiger partial charge >= 0.3 is 0 Å². The summed E-state index contributed by atoms with van der Waals surface area (Å²) in [6, 6.07) is 7.36. The summed E-state index contributed by atoms with van der Waals surface area (Å²) in [7, 11) is 1.81. The summed E-state index contributed by atoms with van der Waals surface area (Å²) in [5.41, 5.74) is 0.886. The highest BCUT2D eigenvalue weighted by Gasteiger charge is 2.09. The number of hydrogen-bond acceptors (Lipinski definition) is 3. The van der Waals surface area contributed by atoms with E-state index in [1.807, 2.05) is 25.2 Å². The van der Waals surface area contributed by atoms with Gasteiger partial charge in [0.15, 0.2) is 11.6 Å². The zero-order valence-electron chi connectivity index (χ0n) is 8.18. The van der Waals surface area contributed by atoms with Gasteiger partial charge in [-0.05, 0) is 12.1 Å². The van der Waals surface area contributed by atoms with Crippen molar-refractivity contribution in [1.29, 1.82) is 0 Å². The number of benzene rings is 1. The predicted octanol–water partition coefficient (Wildman–Crippen LogP) is 1.63. The van der Waals surface area contributed by atoms with Crippen LogP contribution < -0.4 is 0 Å². The molecule has 0 aliphatic rings. The molecule has 5 heteroatoms. The van der Waals surface area contributed by atoms with Gasteiger partial charge in [0.2, 0.25) is 0 Å². The summed E-state index contributed by atoms with van der Waals surface area (Å²) in [5, 5.41) is 17.5. The molecule has 0 spiro atoms. The highest BCUT2D eigenvalue weighted by molar-refractivity contribution is 6.30. The summed E-state index contributed by atoms with van der Waals surface area (Å²) in [4.78, 5) is 0. The first kappa shape index (κ1) is 10.1. The Hall–Kier alpha value is -1.39. The molecule has 1 aromatic carbocycles. The third-order valence-electron chi connectivity index (χ3n) is 2.19. The Kier molecular flexibility index (Phi) is 2.70. The van der Waals surface area contributed by atoms with Gasteiger partial charge in [-0.25, -0.2) is 0 Å². The van der Waals surface area contributed by atoms with Gasteiger partial charge in [0, 0.05) is 17.6 Å². The molecule has 0 saturated heterocycles. The van der Waals surface area contributed by atoms with Crippen LogP contribution in [0.3, 0.4) is 0 Å². The Bertz CT molecular complexity index is 481. The molecule has 0 radical (unpaired) electrons. The van der Waals surface area contributed by atoms with Crippen LogP contribution in [0.15, 0.2) is 24.3 Å². The van der Waals surface area contributed by atoms with Crippen molar-refractivity contribution in [3.05, 3.63) is 35.1 Å². The molecule has 1 heterocycles. The summed E-state index contributed by atoms with van der Waals surface area (Å²) in [5.74, 6) is 1.23. The van der Waals surface area contributed by atoms with Crippen LogP contribution >= 0.6 is 11.6 Å². The zero-order chi connectivity index (χ0) is 10.8. The summed E-state index contributed by atoms with van der Waals surface area (Å²) in [6.45, 7) is -0.121. The van der Waals surface area contributed by atoms with Crippen molar-refractivity contribution >= 4 is 11.6 Å². The average molecular weight is 224 g/mol. The Labute approximate surface area is 92.1 Å². The number of rotatable bonds is 2. The van der Waals surface area contributed by atoms with E-state index in [-0.39, 0.29) is 6.61 Å². The summed E-state index contributed by atoms with van der Waals surface area (Å²) in [6.07, 6.45) is 0. The SMILES string of the molecule is Cn1c(CO)nnc1-c1cccc(Cl)c1. The highest BCUT2D eigenvalue weighted by atomic mass is 35.5. The maximum Gasteiger partial charge on any atom is 0.163 e. The number of aliphatic hydroxyl groups excluding tert-OH is 1. The van der Waals surface area contributed by atoms with Gasteiger partial charge in [0.25, 0.3) is 0 Å². The normalized spacial score (nSPS) is 10.6. The maximum absolute atomic E-state index is 8.98. The predicted molar refractivity (Wildman–Crippen MR) is 57.4 cm³/mol. The molecule has 0 aliphatic heterocycles. The van der Waals surface area contributed by atoms with E-state index in [4.69, 9.17) is 16.7 Å². The molecule has 15 heavy (non-hydrogen) atoms. The van der Waals surface area contributed by atoms with E-state index in [1.54, 1.807) is 10.6 Å². The van der Waals surface area contributed by atoms with Crippen molar-refractivity contribution in [2.75, 3.05) is 0 Å². The fourth-order valence-corrected chi connectivity index (χ4v) is 1.57. The van der Waals surface area contributed by atoms with Crippen LogP contribution in [-0.4, -0.2) is 19.9 Å². The topological polar surface area (TPSA) is 50.9 Å². The molecule has 0 aliphatic carbocycles. The monoisotopic (exact) mass is 223 g/mol. The minimum absolute atomic E-state index is 0.121. The first-order valence-electron chi connectivity index (χ1n) is 4.47. The Morgan fingerprint density at radius 1 is 1.40 bits per heavy atom. The van der Waals surface area contributed by atoms with Gasteiger partial charge in [-0.2, -0.15) is 0 Å². The molecular formula is C10H10ClN3O. The maximum atomic E-state index is 8.98. The molecule has 0 unspecified atom stereocenters. The fourth-order valence-electron chi connectivity index (χ4n) is 1.38. The molecule has 1 N–H and O–H groups in total. The van der Waals surface area contributed by atoms with E-state index in [0.717, 1.165) is 5.56 Å². The van der Waals surface area contributed by atoms with E-state index in [9.17, 15) is 0 Å². The second-order valence-electron chi connectivity index (χ2n) is 3.17. The van der Waals surface area contributed by atoms with Crippen molar-refractivity contribution in [3.8, 4) is 11.4 Å². The van der Waals surface area contributed by atoms with Crippen molar-refractivity contribution < 1.29 is 5.11 Å². The minimum Gasteiger partial charge on any atom is -0.388 e. The smallest absolute Gasteiger partial charge is 0.163 e. The third-order valence-corrected chi connectivity index (χ3v) is 2.42.